The summed E-state index contributed by atoms with van der Waals surface area (Å²) >= 11 is 0. The summed E-state index contributed by atoms with van der Waals surface area (Å²) in [4.78, 5) is 0. The van der Waals surface area contributed by atoms with Crippen molar-refractivity contribution in [3.63, 3.8) is 0 Å². The number of fused-ring (bicyclic) bond motifs is 1. The summed E-state index contributed by atoms with van der Waals surface area (Å²) in [6.45, 7) is 0. The Labute approximate surface area is 151 Å². The molecule has 2 N–H and O–H groups in total. The predicted octanol–water partition coefficient (Wildman–Crippen LogP) is 4.49. The number of hydrogen-bond donors (Lipinski definition) is 2. The van der Waals surface area contributed by atoms with Crippen LogP contribution in [0.15, 0.2) is 41.0 Å². The molecule has 4 nitrogen and oxygen atoms in total. The third-order valence-electron chi connectivity index (χ3n) is 4.50. The second-order valence-electron chi connectivity index (χ2n) is 6.02. The Morgan fingerprint density at radius 3 is 2.52 bits per heavy atom. The number of halogens is 3. The third kappa shape index (κ3) is 2.46. The molecule has 1 aromatic heterocycles. The van der Waals surface area contributed by atoms with Gasteiger partial charge in [-0.3, -0.25) is 0 Å². The summed E-state index contributed by atoms with van der Waals surface area (Å²) in [5.74, 6) is -4.60. The van der Waals surface area contributed by atoms with E-state index in [1.165, 1.54) is 24.5 Å². The van der Waals surface area contributed by atoms with E-state index in [1.54, 1.807) is 0 Å². The van der Waals surface area contributed by atoms with Crippen LogP contribution < -0.4 is 0 Å². The molecule has 4 rings (SSSR count). The fourth-order valence-corrected chi connectivity index (χ4v) is 3.31. The maximum absolute atomic E-state index is 14.5. The number of hydrogen-bond acceptors (Lipinski definition) is 4. The monoisotopic (exact) mass is 369 g/mol. The van der Waals surface area contributed by atoms with Crippen LogP contribution in [0.2, 0.25) is 0 Å². The summed E-state index contributed by atoms with van der Waals surface area (Å²) in [5, 5.41) is 28.4. The quantitative estimate of drug-likeness (QED) is 0.698. The Hall–Kier alpha value is -3.66. The van der Waals surface area contributed by atoms with Gasteiger partial charge in [0.05, 0.1) is 11.8 Å². The van der Waals surface area contributed by atoms with Crippen molar-refractivity contribution in [2.45, 2.75) is 6.42 Å². The van der Waals surface area contributed by atoms with Gasteiger partial charge < -0.3 is 14.6 Å². The van der Waals surface area contributed by atoms with Gasteiger partial charge in [0.25, 0.3) is 0 Å². The van der Waals surface area contributed by atoms with Crippen LogP contribution in [0.5, 0.6) is 11.5 Å². The zero-order valence-corrected chi connectivity index (χ0v) is 13.6. The van der Waals surface area contributed by atoms with E-state index < -0.39 is 23.2 Å². The molecule has 27 heavy (non-hydrogen) atoms. The Kier molecular flexibility index (Phi) is 3.70. The average molecular weight is 369 g/mol. The lowest BCUT2D eigenvalue weighted by Crippen LogP contribution is -1.97. The molecule has 0 atom stereocenters. The SMILES string of the molecule is N#Cc1ccoc1C1=C(c2ccc(O)c(F)c2F)Cc2c(F)cc(O)cc21. The second kappa shape index (κ2) is 5.95. The first-order valence-corrected chi connectivity index (χ1v) is 7.82. The van der Waals surface area contributed by atoms with Crippen molar-refractivity contribution in [1.29, 1.82) is 5.26 Å². The standard InChI is InChI=1S/C20H10F3NO3/c21-15-6-10(25)5-13-12(15)7-14(11-1-2-16(26)19(23)18(11)22)17(13)20-9(8-24)3-4-27-20/h1-6,25-26H,7H2. The van der Waals surface area contributed by atoms with Gasteiger partial charge in [-0.05, 0) is 35.4 Å². The van der Waals surface area contributed by atoms with Crippen molar-refractivity contribution in [3.8, 4) is 17.6 Å². The molecule has 0 unspecified atom stereocenters. The molecule has 2 aromatic carbocycles. The zero-order chi connectivity index (χ0) is 19.3. The molecule has 7 heteroatoms. The maximum atomic E-state index is 14.5. The lowest BCUT2D eigenvalue weighted by atomic mass is 9.96. The van der Waals surface area contributed by atoms with E-state index in [-0.39, 0.29) is 51.3 Å². The highest BCUT2D eigenvalue weighted by atomic mass is 19.2. The minimum atomic E-state index is -1.43. The summed E-state index contributed by atoms with van der Waals surface area (Å²) in [6.07, 6.45) is 1.15. The Morgan fingerprint density at radius 1 is 1.00 bits per heavy atom. The van der Waals surface area contributed by atoms with Crippen molar-refractivity contribution in [2.75, 3.05) is 0 Å². The minimum absolute atomic E-state index is 0.0594. The third-order valence-corrected chi connectivity index (χ3v) is 4.50. The Balaban J connectivity index is 2.07. The van der Waals surface area contributed by atoms with Gasteiger partial charge in [-0.2, -0.15) is 9.65 Å². The first-order chi connectivity index (χ1) is 12.9. The highest BCUT2D eigenvalue weighted by molar-refractivity contribution is 6.04. The van der Waals surface area contributed by atoms with Crippen LogP contribution >= 0.6 is 0 Å². The van der Waals surface area contributed by atoms with Crippen molar-refractivity contribution < 1.29 is 27.8 Å². The van der Waals surface area contributed by atoms with E-state index in [2.05, 4.69) is 0 Å². The van der Waals surface area contributed by atoms with Gasteiger partial charge in [-0.15, -0.1) is 0 Å². The molecule has 0 saturated heterocycles. The van der Waals surface area contributed by atoms with Crippen molar-refractivity contribution in [2.24, 2.45) is 0 Å². The van der Waals surface area contributed by atoms with E-state index >= 15 is 0 Å². The van der Waals surface area contributed by atoms with Crippen LogP contribution in [0.4, 0.5) is 13.2 Å². The fraction of sp³-hybridized carbons (Fsp3) is 0.0500. The van der Waals surface area contributed by atoms with Gasteiger partial charge in [-0.1, -0.05) is 0 Å². The van der Waals surface area contributed by atoms with Crippen LogP contribution in [0.1, 0.15) is 28.0 Å². The molecule has 1 aliphatic rings. The number of phenolic OH excluding ortho intramolecular Hbond substituents is 2. The number of allylic oxidation sites excluding steroid dienone is 1. The molecule has 0 fully saturated rings. The van der Waals surface area contributed by atoms with Gasteiger partial charge in [-0.25, -0.2) is 8.78 Å². The highest BCUT2D eigenvalue weighted by Gasteiger charge is 2.32. The van der Waals surface area contributed by atoms with E-state index in [0.717, 1.165) is 12.1 Å². The number of nitrogens with zero attached hydrogens (tertiary/aromatic N) is 1. The average Bonchev–Trinajstić information content (AvgIpc) is 3.23. The van der Waals surface area contributed by atoms with Crippen LogP contribution in [-0.4, -0.2) is 10.2 Å². The van der Waals surface area contributed by atoms with Crippen LogP contribution in [0.25, 0.3) is 11.1 Å². The van der Waals surface area contributed by atoms with Crippen LogP contribution in [0.3, 0.4) is 0 Å². The van der Waals surface area contributed by atoms with Crippen molar-refractivity contribution >= 4 is 11.1 Å². The fourth-order valence-electron chi connectivity index (χ4n) is 3.31. The maximum Gasteiger partial charge on any atom is 0.200 e. The van der Waals surface area contributed by atoms with Gasteiger partial charge in [0.2, 0.25) is 5.82 Å². The van der Waals surface area contributed by atoms with E-state index in [0.29, 0.717) is 0 Å². The summed E-state index contributed by atoms with van der Waals surface area (Å²) in [5.41, 5.74) is 0.671. The normalized spacial score (nSPS) is 13.0. The van der Waals surface area contributed by atoms with Crippen molar-refractivity contribution in [1.82, 2.24) is 0 Å². The van der Waals surface area contributed by atoms with Gasteiger partial charge in [0, 0.05) is 29.2 Å². The van der Waals surface area contributed by atoms with E-state index in [4.69, 9.17) is 4.42 Å². The summed E-state index contributed by atoms with van der Waals surface area (Å²) < 4.78 is 48.2. The molecule has 0 spiro atoms. The van der Waals surface area contributed by atoms with E-state index in [9.17, 15) is 28.6 Å². The first kappa shape index (κ1) is 16.8. The smallest absolute Gasteiger partial charge is 0.200 e. The molecule has 0 bridgehead atoms. The largest absolute Gasteiger partial charge is 0.508 e. The molecule has 0 saturated carbocycles. The van der Waals surface area contributed by atoms with Crippen molar-refractivity contribution in [3.05, 3.63) is 82.1 Å². The lowest BCUT2D eigenvalue weighted by molar-refractivity contribution is 0.406. The topological polar surface area (TPSA) is 77.4 Å². The lowest BCUT2D eigenvalue weighted by Gasteiger charge is -2.10. The molecule has 0 aliphatic heterocycles. The number of benzene rings is 2. The number of phenols is 2. The number of aromatic hydroxyl groups is 2. The number of nitriles is 1. The molecular formula is C20H10F3NO3. The number of furan rings is 1. The molecule has 3 aromatic rings. The molecular weight excluding hydrogens is 359 g/mol. The van der Waals surface area contributed by atoms with Gasteiger partial charge in [0.15, 0.2) is 17.3 Å². The van der Waals surface area contributed by atoms with Gasteiger partial charge >= 0.3 is 0 Å². The summed E-state index contributed by atoms with van der Waals surface area (Å²) in [6, 6.07) is 7.67. The predicted molar refractivity (Wildman–Crippen MR) is 89.1 cm³/mol. The van der Waals surface area contributed by atoms with Crippen LogP contribution in [0, 0.1) is 28.8 Å². The highest BCUT2D eigenvalue weighted by Crippen LogP contribution is 2.46. The molecule has 0 radical (unpaired) electrons. The second-order valence-corrected chi connectivity index (χ2v) is 6.02. The van der Waals surface area contributed by atoms with Crippen LogP contribution in [-0.2, 0) is 6.42 Å². The van der Waals surface area contributed by atoms with Gasteiger partial charge in [0.1, 0.15) is 17.6 Å². The Bertz CT molecular complexity index is 1170. The number of rotatable bonds is 2. The van der Waals surface area contributed by atoms with E-state index in [1.807, 2.05) is 6.07 Å². The Morgan fingerprint density at radius 2 is 1.78 bits per heavy atom. The molecule has 0 amide bonds. The first-order valence-electron chi connectivity index (χ1n) is 7.82. The summed E-state index contributed by atoms with van der Waals surface area (Å²) in [7, 11) is 0. The zero-order valence-electron chi connectivity index (χ0n) is 13.6. The minimum Gasteiger partial charge on any atom is -0.508 e. The molecule has 134 valence electrons. The molecule has 1 heterocycles. The molecule has 1 aliphatic carbocycles.